The molecule has 3 heteroatoms. The summed E-state index contributed by atoms with van der Waals surface area (Å²) in [6.07, 6.45) is 0. The quantitative estimate of drug-likeness (QED) is 0.865. The van der Waals surface area contributed by atoms with Crippen molar-refractivity contribution in [2.45, 2.75) is 20.1 Å². The average molecular weight is 257 g/mol. The molecule has 0 saturated carbocycles. The van der Waals surface area contributed by atoms with E-state index in [4.69, 9.17) is 9.84 Å². The van der Waals surface area contributed by atoms with Gasteiger partial charge in [-0.05, 0) is 54.9 Å². The lowest BCUT2D eigenvalue weighted by Crippen LogP contribution is -2.06. The smallest absolute Gasteiger partial charge is 0.127 e. The zero-order valence-corrected chi connectivity index (χ0v) is 11.3. The maximum absolute atomic E-state index is 8.99. The molecule has 100 valence electrons. The Morgan fingerprint density at radius 1 is 1.05 bits per heavy atom. The average Bonchev–Trinajstić information content (AvgIpc) is 2.43. The first-order valence-electron chi connectivity index (χ1n) is 6.34. The molecule has 0 bridgehead atoms. The summed E-state index contributed by atoms with van der Waals surface area (Å²) in [6.45, 7) is 2.99. The van der Waals surface area contributed by atoms with Gasteiger partial charge >= 0.3 is 0 Å². The Bertz CT molecular complexity index is 535. The molecule has 2 aromatic carbocycles. The third-order valence-corrected chi connectivity index (χ3v) is 3.02. The van der Waals surface area contributed by atoms with Crippen LogP contribution in [0, 0.1) is 6.92 Å². The summed E-state index contributed by atoms with van der Waals surface area (Å²) in [4.78, 5) is 0. The first-order valence-corrected chi connectivity index (χ1v) is 6.34. The molecule has 0 aromatic heterocycles. The zero-order chi connectivity index (χ0) is 13.7. The standard InChI is InChI=1S/C16H19NO2/c1-12-9-16(8-5-14(12)10-17-2)19-15-6-3-13(11-18)4-7-15/h3-9,17-18H,10-11H2,1-2H3. The van der Waals surface area contributed by atoms with Gasteiger partial charge in [-0.25, -0.2) is 0 Å². The van der Waals surface area contributed by atoms with Crippen LogP contribution in [0.1, 0.15) is 16.7 Å². The number of aliphatic hydroxyl groups is 1. The molecule has 2 rings (SSSR count). The Balaban J connectivity index is 2.11. The van der Waals surface area contributed by atoms with Gasteiger partial charge in [0.1, 0.15) is 11.5 Å². The number of ether oxygens (including phenoxy) is 1. The molecular formula is C16H19NO2. The summed E-state index contributed by atoms with van der Waals surface area (Å²) in [7, 11) is 1.94. The minimum absolute atomic E-state index is 0.0537. The molecule has 0 saturated heterocycles. The minimum Gasteiger partial charge on any atom is -0.457 e. The van der Waals surface area contributed by atoms with Crippen LogP contribution >= 0.6 is 0 Å². The van der Waals surface area contributed by atoms with Crippen molar-refractivity contribution in [3.05, 3.63) is 59.2 Å². The van der Waals surface area contributed by atoms with E-state index >= 15 is 0 Å². The van der Waals surface area contributed by atoms with Crippen LogP contribution in [0.3, 0.4) is 0 Å². The Morgan fingerprint density at radius 3 is 2.32 bits per heavy atom. The summed E-state index contributed by atoms with van der Waals surface area (Å²) in [5.41, 5.74) is 3.36. The van der Waals surface area contributed by atoms with Crippen molar-refractivity contribution < 1.29 is 9.84 Å². The van der Waals surface area contributed by atoms with E-state index in [1.807, 2.05) is 43.4 Å². The van der Waals surface area contributed by atoms with Crippen molar-refractivity contribution in [3.63, 3.8) is 0 Å². The van der Waals surface area contributed by atoms with E-state index in [0.717, 1.165) is 23.6 Å². The minimum atomic E-state index is 0.0537. The molecule has 0 heterocycles. The maximum Gasteiger partial charge on any atom is 0.127 e. The van der Waals surface area contributed by atoms with Crippen molar-refractivity contribution in [1.82, 2.24) is 5.32 Å². The summed E-state index contributed by atoms with van der Waals surface area (Å²) in [6, 6.07) is 13.5. The number of nitrogens with one attached hydrogen (secondary N) is 1. The van der Waals surface area contributed by atoms with Crippen molar-refractivity contribution in [3.8, 4) is 11.5 Å². The van der Waals surface area contributed by atoms with Crippen molar-refractivity contribution in [2.75, 3.05) is 7.05 Å². The van der Waals surface area contributed by atoms with Crippen molar-refractivity contribution >= 4 is 0 Å². The highest BCUT2D eigenvalue weighted by atomic mass is 16.5. The molecule has 0 fully saturated rings. The number of hydrogen-bond donors (Lipinski definition) is 2. The van der Waals surface area contributed by atoms with Crippen LogP contribution in [-0.2, 0) is 13.2 Å². The summed E-state index contributed by atoms with van der Waals surface area (Å²) < 4.78 is 5.79. The zero-order valence-electron chi connectivity index (χ0n) is 11.3. The predicted octanol–water partition coefficient (Wildman–Crippen LogP) is 3.00. The molecule has 0 aliphatic carbocycles. The number of aliphatic hydroxyl groups excluding tert-OH is 1. The summed E-state index contributed by atoms with van der Waals surface area (Å²) in [5.74, 6) is 1.60. The largest absolute Gasteiger partial charge is 0.457 e. The molecule has 0 spiro atoms. The lowest BCUT2D eigenvalue weighted by atomic mass is 10.1. The maximum atomic E-state index is 8.99. The van der Waals surface area contributed by atoms with Crippen LogP contribution in [0.25, 0.3) is 0 Å². The van der Waals surface area contributed by atoms with Crippen LogP contribution in [0.15, 0.2) is 42.5 Å². The monoisotopic (exact) mass is 257 g/mol. The lowest BCUT2D eigenvalue weighted by Gasteiger charge is -2.10. The number of aryl methyl sites for hydroxylation is 1. The fourth-order valence-electron chi connectivity index (χ4n) is 1.92. The van der Waals surface area contributed by atoms with Gasteiger partial charge in [0.15, 0.2) is 0 Å². The highest BCUT2D eigenvalue weighted by Gasteiger charge is 2.02. The Kier molecular flexibility index (Phi) is 4.55. The van der Waals surface area contributed by atoms with E-state index in [9.17, 15) is 0 Å². The van der Waals surface area contributed by atoms with Crippen LogP contribution in [-0.4, -0.2) is 12.2 Å². The molecule has 2 aromatic rings. The van der Waals surface area contributed by atoms with Gasteiger partial charge in [0, 0.05) is 6.54 Å². The topological polar surface area (TPSA) is 41.5 Å². The van der Waals surface area contributed by atoms with Gasteiger partial charge in [-0.1, -0.05) is 18.2 Å². The van der Waals surface area contributed by atoms with E-state index < -0.39 is 0 Å². The van der Waals surface area contributed by atoms with Gasteiger partial charge < -0.3 is 15.2 Å². The Labute approximate surface area is 113 Å². The second-order valence-corrected chi connectivity index (χ2v) is 4.52. The van der Waals surface area contributed by atoms with E-state index in [2.05, 4.69) is 18.3 Å². The normalized spacial score (nSPS) is 10.5. The first kappa shape index (κ1) is 13.6. The molecule has 19 heavy (non-hydrogen) atoms. The van der Waals surface area contributed by atoms with E-state index in [1.165, 1.54) is 11.1 Å². The van der Waals surface area contributed by atoms with Crippen LogP contribution < -0.4 is 10.1 Å². The first-order chi connectivity index (χ1) is 9.22. The SMILES string of the molecule is CNCc1ccc(Oc2ccc(CO)cc2)cc1C. The van der Waals surface area contributed by atoms with Crippen LogP contribution in [0.2, 0.25) is 0 Å². The molecule has 2 N–H and O–H groups in total. The van der Waals surface area contributed by atoms with Gasteiger partial charge in [0.25, 0.3) is 0 Å². The van der Waals surface area contributed by atoms with Gasteiger partial charge in [-0.3, -0.25) is 0 Å². The number of benzene rings is 2. The van der Waals surface area contributed by atoms with Gasteiger partial charge in [0.2, 0.25) is 0 Å². The summed E-state index contributed by atoms with van der Waals surface area (Å²) >= 11 is 0. The van der Waals surface area contributed by atoms with Gasteiger partial charge in [0.05, 0.1) is 6.61 Å². The number of rotatable bonds is 5. The molecule has 0 aliphatic heterocycles. The second-order valence-electron chi connectivity index (χ2n) is 4.52. The van der Waals surface area contributed by atoms with Gasteiger partial charge in [-0.2, -0.15) is 0 Å². The van der Waals surface area contributed by atoms with Gasteiger partial charge in [-0.15, -0.1) is 0 Å². The van der Waals surface area contributed by atoms with E-state index in [0.29, 0.717) is 0 Å². The lowest BCUT2D eigenvalue weighted by molar-refractivity contribution is 0.281. The third-order valence-electron chi connectivity index (χ3n) is 3.02. The predicted molar refractivity (Wildman–Crippen MR) is 76.4 cm³/mol. The Morgan fingerprint density at radius 2 is 1.74 bits per heavy atom. The van der Waals surface area contributed by atoms with Crippen molar-refractivity contribution in [1.29, 1.82) is 0 Å². The Hall–Kier alpha value is -1.84. The third kappa shape index (κ3) is 3.56. The molecule has 0 atom stereocenters. The molecule has 3 nitrogen and oxygen atoms in total. The van der Waals surface area contributed by atoms with Crippen molar-refractivity contribution in [2.24, 2.45) is 0 Å². The molecule has 0 aliphatic rings. The highest BCUT2D eigenvalue weighted by molar-refractivity contribution is 5.38. The molecule has 0 amide bonds. The number of hydrogen-bond acceptors (Lipinski definition) is 3. The van der Waals surface area contributed by atoms with Crippen LogP contribution in [0.5, 0.6) is 11.5 Å². The summed E-state index contributed by atoms with van der Waals surface area (Å²) in [5, 5.41) is 12.1. The molecular weight excluding hydrogens is 238 g/mol. The fourth-order valence-corrected chi connectivity index (χ4v) is 1.92. The van der Waals surface area contributed by atoms with E-state index in [-0.39, 0.29) is 6.61 Å². The fraction of sp³-hybridized carbons (Fsp3) is 0.250. The molecule has 0 radical (unpaired) electrons. The molecule has 0 unspecified atom stereocenters. The second kappa shape index (κ2) is 6.36. The highest BCUT2D eigenvalue weighted by Crippen LogP contribution is 2.24. The van der Waals surface area contributed by atoms with Crippen LogP contribution in [0.4, 0.5) is 0 Å². The van der Waals surface area contributed by atoms with E-state index in [1.54, 1.807) is 0 Å².